The number of phenols is 1. The van der Waals surface area contributed by atoms with E-state index < -0.39 is 0 Å². The highest BCUT2D eigenvalue weighted by atomic mass is 16.3. The summed E-state index contributed by atoms with van der Waals surface area (Å²) in [6.07, 6.45) is 5.89. The molecule has 5 heteroatoms. The van der Waals surface area contributed by atoms with Gasteiger partial charge in [0, 0.05) is 55.4 Å². The minimum absolute atomic E-state index is 0.0218. The molecule has 3 aromatic carbocycles. The van der Waals surface area contributed by atoms with E-state index >= 15 is 0 Å². The lowest BCUT2D eigenvalue weighted by atomic mass is 10.0. The Bertz CT molecular complexity index is 1370. The molecule has 5 nitrogen and oxygen atoms in total. The first-order chi connectivity index (χ1) is 17.1. The second-order valence-electron chi connectivity index (χ2n) is 9.16. The van der Waals surface area contributed by atoms with Gasteiger partial charge in [0.1, 0.15) is 5.75 Å². The smallest absolute Gasteiger partial charge is 0.251 e. The molecule has 0 saturated heterocycles. The van der Waals surface area contributed by atoms with Gasteiger partial charge in [0.25, 0.3) is 5.91 Å². The van der Waals surface area contributed by atoms with Crippen molar-refractivity contribution in [2.24, 2.45) is 7.05 Å². The predicted molar refractivity (Wildman–Crippen MR) is 141 cm³/mol. The van der Waals surface area contributed by atoms with Crippen LogP contribution in [0.25, 0.3) is 17.0 Å². The quantitative estimate of drug-likeness (QED) is 0.365. The average Bonchev–Trinajstić information content (AvgIpc) is 3.15. The molecule has 0 spiro atoms. The number of carbonyl (C=O) groups excluding carboxylic acids is 1. The van der Waals surface area contributed by atoms with Crippen LogP contribution in [-0.2, 0) is 26.6 Å². The maximum atomic E-state index is 13.0. The fourth-order valence-electron chi connectivity index (χ4n) is 5.01. The van der Waals surface area contributed by atoms with Gasteiger partial charge in [0.2, 0.25) is 0 Å². The molecule has 0 atom stereocenters. The molecule has 0 aliphatic carbocycles. The number of benzene rings is 3. The van der Waals surface area contributed by atoms with Crippen molar-refractivity contribution in [3.05, 3.63) is 107 Å². The van der Waals surface area contributed by atoms with Crippen LogP contribution in [0.2, 0.25) is 0 Å². The van der Waals surface area contributed by atoms with Crippen LogP contribution >= 0.6 is 0 Å². The lowest BCUT2D eigenvalue weighted by Crippen LogP contribution is -2.32. The molecule has 2 N–H and O–H groups in total. The second kappa shape index (κ2) is 10.2. The van der Waals surface area contributed by atoms with Gasteiger partial charge < -0.3 is 15.0 Å². The van der Waals surface area contributed by atoms with Crippen LogP contribution in [0.1, 0.15) is 39.2 Å². The summed E-state index contributed by atoms with van der Waals surface area (Å²) < 4.78 is 2.23. The van der Waals surface area contributed by atoms with Crippen molar-refractivity contribution in [1.82, 2.24) is 14.8 Å². The van der Waals surface area contributed by atoms with E-state index in [1.165, 1.54) is 11.3 Å². The highest BCUT2D eigenvalue weighted by Crippen LogP contribution is 2.32. The fraction of sp³-hybridized carbons (Fsp3) is 0.233. The largest absolute Gasteiger partial charge is 0.508 e. The highest BCUT2D eigenvalue weighted by Gasteiger charge is 2.24. The fourth-order valence-corrected chi connectivity index (χ4v) is 5.01. The minimum Gasteiger partial charge on any atom is -0.508 e. The van der Waals surface area contributed by atoms with Crippen LogP contribution in [0.5, 0.6) is 5.75 Å². The maximum absolute atomic E-state index is 13.0. The number of fused-ring (bicyclic) bond motifs is 3. The molecule has 0 saturated carbocycles. The Balaban J connectivity index is 1.23. The van der Waals surface area contributed by atoms with E-state index in [1.807, 2.05) is 48.5 Å². The number of rotatable bonds is 7. The zero-order valence-corrected chi connectivity index (χ0v) is 20.1. The van der Waals surface area contributed by atoms with Crippen molar-refractivity contribution in [2.45, 2.75) is 25.9 Å². The Morgan fingerprint density at radius 1 is 1.06 bits per heavy atom. The third-order valence-corrected chi connectivity index (χ3v) is 6.83. The molecular formula is C30H31N3O2. The number of phenolic OH excluding ortho intramolecular Hbond substituents is 1. The number of hydrogen-bond acceptors (Lipinski definition) is 3. The van der Waals surface area contributed by atoms with Gasteiger partial charge in [0.05, 0.1) is 0 Å². The Morgan fingerprint density at radius 2 is 1.86 bits per heavy atom. The van der Waals surface area contributed by atoms with E-state index in [0.29, 0.717) is 12.3 Å². The van der Waals surface area contributed by atoms with E-state index in [9.17, 15) is 9.90 Å². The molecule has 1 aromatic heterocycles. The van der Waals surface area contributed by atoms with Crippen LogP contribution in [0.4, 0.5) is 0 Å². The van der Waals surface area contributed by atoms with E-state index in [-0.39, 0.29) is 5.91 Å². The monoisotopic (exact) mass is 465 g/mol. The Hall–Kier alpha value is -3.83. The molecule has 1 aliphatic heterocycles. The minimum atomic E-state index is -0.0218. The first-order valence-electron chi connectivity index (χ1n) is 12.2. The molecule has 35 heavy (non-hydrogen) atoms. The van der Waals surface area contributed by atoms with Crippen molar-refractivity contribution in [1.29, 1.82) is 0 Å². The SMILES string of the molecule is Cn1c2c(c3cc(O)ccc31)CCN(Cc1ccccc1C(=O)NCCC=Cc1ccccc1)C2. The molecule has 0 radical (unpaired) electrons. The number of hydrogen-bond donors (Lipinski definition) is 2. The molecule has 1 aliphatic rings. The number of aromatic nitrogens is 1. The Labute approximate surface area is 206 Å². The van der Waals surface area contributed by atoms with Gasteiger partial charge in [-0.2, -0.15) is 0 Å². The molecule has 178 valence electrons. The number of amides is 1. The van der Waals surface area contributed by atoms with Gasteiger partial charge in [-0.3, -0.25) is 9.69 Å². The normalized spacial score (nSPS) is 13.9. The van der Waals surface area contributed by atoms with Crippen molar-refractivity contribution in [3.8, 4) is 5.75 Å². The predicted octanol–water partition coefficient (Wildman–Crippen LogP) is 5.28. The van der Waals surface area contributed by atoms with Crippen LogP contribution in [0.3, 0.4) is 0 Å². The molecule has 4 aromatic rings. The van der Waals surface area contributed by atoms with E-state index in [2.05, 4.69) is 52.2 Å². The van der Waals surface area contributed by atoms with Crippen molar-refractivity contribution >= 4 is 22.9 Å². The standard InChI is InChI=1S/C30H31N3O2/c1-32-28-15-14-24(34)19-27(28)26-16-18-33(21-29(26)32)20-23-12-5-6-13-25(23)30(35)31-17-8-7-11-22-9-3-2-4-10-22/h2-7,9-15,19,34H,8,16-18,20-21H2,1H3,(H,31,35). The number of nitrogens with one attached hydrogen (secondary N) is 1. The van der Waals surface area contributed by atoms with Gasteiger partial charge in [-0.25, -0.2) is 0 Å². The zero-order valence-electron chi connectivity index (χ0n) is 20.1. The first-order valence-corrected chi connectivity index (χ1v) is 12.2. The second-order valence-corrected chi connectivity index (χ2v) is 9.16. The van der Waals surface area contributed by atoms with E-state index in [1.54, 1.807) is 6.07 Å². The van der Waals surface area contributed by atoms with Crippen LogP contribution < -0.4 is 5.32 Å². The van der Waals surface area contributed by atoms with Crippen LogP contribution in [-0.4, -0.2) is 33.6 Å². The molecule has 0 bridgehead atoms. The summed E-state index contributed by atoms with van der Waals surface area (Å²) in [5.74, 6) is 0.287. The third kappa shape index (κ3) is 5.00. The average molecular weight is 466 g/mol. The van der Waals surface area contributed by atoms with Crippen molar-refractivity contribution < 1.29 is 9.90 Å². The summed E-state index contributed by atoms with van der Waals surface area (Å²) >= 11 is 0. The molecule has 1 amide bonds. The number of aryl methyl sites for hydroxylation is 1. The summed E-state index contributed by atoms with van der Waals surface area (Å²) in [4.78, 5) is 15.4. The van der Waals surface area contributed by atoms with Gasteiger partial charge in [0.15, 0.2) is 0 Å². The lowest BCUT2D eigenvalue weighted by Gasteiger charge is -2.28. The van der Waals surface area contributed by atoms with Gasteiger partial charge in [-0.15, -0.1) is 0 Å². The third-order valence-electron chi connectivity index (χ3n) is 6.83. The Kier molecular flexibility index (Phi) is 6.68. The van der Waals surface area contributed by atoms with Gasteiger partial charge in [-0.1, -0.05) is 60.7 Å². The number of aromatic hydroxyl groups is 1. The van der Waals surface area contributed by atoms with Gasteiger partial charge in [-0.05, 0) is 53.8 Å². The van der Waals surface area contributed by atoms with Crippen LogP contribution in [0, 0.1) is 0 Å². The summed E-state index contributed by atoms with van der Waals surface area (Å²) in [5, 5.41) is 14.2. The summed E-state index contributed by atoms with van der Waals surface area (Å²) in [7, 11) is 2.09. The van der Waals surface area contributed by atoms with Gasteiger partial charge >= 0.3 is 0 Å². The number of nitrogens with zero attached hydrogens (tertiary/aromatic N) is 2. The summed E-state index contributed by atoms with van der Waals surface area (Å²) in [6, 6.07) is 23.7. The van der Waals surface area contributed by atoms with Crippen molar-refractivity contribution in [3.63, 3.8) is 0 Å². The summed E-state index contributed by atoms with van der Waals surface area (Å²) in [6.45, 7) is 3.07. The molecule has 0 unspecified atom stereocenters. The highest BCUT2D eigenvalue weighted by molar-refractivity contribution is 5.95. The summed E-state index contributed by atoms with van der Waals surface area (Å²) in [5.41, 5.74) is 6.71. The lowest BCUT2D eigenvalue weighted by molar-refractivity contribution is 0.0952. The molecule has 2 heterocycles. The molecule has 0 fully saturated rings. The number of carbonyl (C=O) groups is 1. The van der Waals surface area contributed by atoms with E-state index in [0.717, 1.165) is 60.1 Å². The van der Waals surface area contributed by atoms with Crippen molar-refractivity contribution in [2.75, 3.05) is 13.1 Å². The first kappa shape index (κ1) is 22.9. The van der Waals surface area contributed by atoms with E-state index in [4.69, 9.17) is 0 Å². The molecule has 5 rings (SSSR count). The Morgan fingerprint density at radius 3 is 2.71 bits per heavy atom. The molecular weight excluding hydrogens is 434 g/mol. The topological polar surface area (TPSA) is 57.5 Å². The zero-order chi connectivity index (χ0) is 24.2. The maximum Gasteiger partial charge on any atom is 0.251 e. The van der Waals surface area contributed by atoms with Crippen LogP contribution in [0.15, 0.2) is 78.9 Å².